The second-order valence-corrected chi connectivity index (χ2v) is 2.04. The summed E-state index contributed by atoms with van der Waals surface area (Å²) in [6.07, 6.45) is 6.28. The summed E-state index contributed by atoms with van der Waals surface area (Å²) in [4.78, 5) is 8.63. The molecule has 1 heterocycles. The van der Waals surface area contributed by atoms with Gasteiger partial charge in [0.2, 0.25) is 6.40 Å². The van der Waals surface area contributed by atoms with Crippen LogP contribution in [0.3, 0.4) is 0 Å². The van der Waals surface area contributed by atoms with Gasteiger partial charge >= 0.3 is 0 Å². The van der Waals surface area contributed by atoms with Gasteiger partial charge in [0.1, 0.15) is 0 Å². The maximum absolute atomic E-state index is 4.71. The molecular weight excluding hydrogens is 128 g/mol. The van der Waals surface area contributed by atoms with Crippen molar-refractivity contribution in [2.75, 3.05) is 6.54 Å². The lowest BCUT2D eigenvalue weighted by molar-refractivity contribution is 0.344. The van der Waals surface area contributed by atoms with Gasteiger partial charge in [-0.05, 0) is 19.4 Å². The summed E-state index contributed by atoms with van der Waals surface area (Å²) in [5.41, 5.74) is 0.869. The van der Waals surface area contributed by atoms with Crippen molar-refractivity contribution in [2.24, 2.45) is 10.1 Å². The van der Waals surface area contributed by atoms with E-state index in [9.17, 15) is 0 Å². The van der Waals surface area contributed by atoms with Crippen molar-refractivity contribution in [2.45, 2.75) is 13.3 Å². The molecule has 54 valence electrons. The SMILES string of the molecule is CC1=N/OC=NCC\C=C\1. The summed E-state index contributed by atoms with van der Waals surface area (Å²) < 4.78 is 0. The Morgan fingerprint density at radius 3 is 3.40 bits per heavy atom. The normalized spacial score (nSPS) is 26.7. The second-order valence-electron chi connectivity index (χ2n) is 2.04. The Bertz CT molecular complexity index is 182. The van der Waals surface area contributed by atoms with Crippen LogP contribution in [0, 0.1) is 0 Å². The lowest BCUT2D eigenvalue weighted by atomic mass is 10.3. The Labute approximate surface area is 60.1 Å². The van der Waals surface area contributed by atoms with Gasteiger partial charge in [-0.15, -0.1) is 0 Å². The summed E-state index contributed by atoms with van der Waals surface area (Å²) in [5, 5.41) is 3.72. The second kappa shape index (κ2) is 3.82. The number of oxime groups is 1. The lowest BCUT2D eigenvalue weighted by Gasteiger charge is -1.86. The van der Waals surface area contributed by atoms with E-state index < -0.39 is 0 Å². The van der Waals surface area contributed by atoms with Gasteiger partial charge in [-0.25, -0.2) is 0 Å². The van der Waals surface area contributed by atoms with Gasteiger partial charge in [0.25, 0.3) is 0 Å². The molecule has 1 aliphatic heterocycles. The number of aliphatic imine (C=N–C) groups is 1. The molecular formula is C7H10N2O. The van der Waals surface area contributed by atoms with Crippen LogP contribution in [0.1, 0.15) is 13.3 Å². The highest BCUT2D eigenvalue weighted by molar-refractivity contribution is 5.92. The van der Waals surface area contributed by atoms with Crippen LogP contribution in [-0.4, -0.2) is 18.7 Å². The third-order valence-corrected chi connectivity index (χ3v) is 1.10. The fourth-order valence-corrected chi connectivity index (χ4v) is 0.626. The molecule has 0 aromatic carbocycles. The van der Waals surface area contributed by atoms with E-state index in [0.29, 0.717) is 0 Å². The molecule has 0 N–H and O–H groups in total. The third-order valence-electron chi connectivity index (χ3n) is 1.10. The van der Waals surface area contributed by atoms with Gasteiger partial charge in [-0.1, -0.05) is 11.2 Å². The molecule has 0 bridgehead atoms. The van der Waals surface area contributed by atoms with Crippen molar-refractivity contribution in [3.8, 4) is 0 Å². The molecule has 0 fully saturated rings. The monoisotopic (exact) mass is 138 g/mol. The van der Waals surface area contributed by atoms with Crippen LogP contribution < -0.4 is 0 Å². The van der Waals surface area contributed by atoms with Crippen LogP contribution >= 0.6 is 0 Å². The van der Waals surface area contributed by atoms with Crippen molar-refractivity contribution in [3.63, 3.8) is 0 Å². The molecule has 0 amide bonds. The number of hydrogen-bond donors (Lipinski definition) is 0. The largest absolute Gasteiger partial charge is 0.345 e. The fourth-order valence-electron chi connectivity index (χ4n) is 0.626. The smallest absolute Gasteiger partial charge is 0.207 e. The van der Waals surface area contributed by atoms with Gasteiger partial charge in [0.05, 0.1) is 5.71 Å². The van der Waals surface area contributed by atoms with Crippen LogP contribution in [0.2, 0.25) is 0 Å². The zero-order valence-corrected chi connectivity index (χ0v) is 5.95. The molecule has 0 spiro atoms. The molecule has 0 saturated carbocycles. The molecule has 1 aliphatic rings. The highest BCUT2D eigenvalue weighted by Crippen LogP contribution is 1.90. The highest BCUT2D eigenvalue weighted by Gasteiger charge is 1.85. The Hall–Kier alpha value is -1.12. The van der Waals surface area contributed by atoms with Crippen molar-refractivity contribution >= 4 is 12.1 Å². The summed E-state index contributed by atoms with van der Waals surface area (Å²) in [5.74, 6) is 0. The molecule has 1 rings (SSSR count). The van der Waals surface area contributed by atoms with E-state index in [1.807, 2.05) is 19.1 Å². The summed E-state index contributed by atoms with van der Waals surface area (Å²) in [7, 11) is 0. The predicted molar refractivity (Wildman–Crippen MR) is 41.3 cm³/mol. The van der Waals surface area contributed by atoms with Gasteiger partial charge in [-0.2, -0.15) is 0 Å². The number of nitrogens with zero attached hydrogens (tertiary/aromatic N) is 2. The van der Waals surface area contributed by atoms with E-state index in [-0.39, 0.29) is 0 Å². The first-order chi connectivity index (χ1) is 4.89. The Morgan fingerprint density at radius 1 is 1.60 bits per heavy atom. The maximum Gasteiger partial charge on any atom is 0.207 e. The number of allylic oxidation sites excluding steroid dienone is 1. The van der Waals surface area contributed by atoms with E-state index in [0.717, 1.165) is 18.7 Å². The molecule has 0 atom stereocenters. The van der Waals surface area contributed by atoms with Gasteiger partial charge in [-0.3, -0.25) is 4.99 Å². The van der Waals surface area contributed by atoms with Gasteiger partial charge in [0, 0.05) is 6.54 Å². The van der Waals surface area contributed by atoms with E-state index in [1.165, 1.54) is 6.40 Å². The first-order valence-electron chi connectivity index (χ1n) is 3.25. The van der Waals surface area contributed by atoms with Crippen LogP contribution in [0.4, 0.5) is 0 Å². The maximum atomic E-state index is 4.71. The summed E-state index contributed by atoms with van der Waals surface area (Å²) in [6, 6.07) is 0. The van der Waals surface area contributed by atoms with Crippen molar-refractivity contribution in [1.82, 2.24) is 0 Å². The van der Waals surface area contributed by atoms with E-state index >= 15 is 0 Å². The Kier molecular flexibility index (Phi) is 2.67. The first kappa shape index (κ1) is 6.99. The van der Waals surface area contributed by atoms with Crippen molar-refractivity contribution in [1.29, 1.82) is 0 Å². The molecule has 0 radical (unpaired) electrons. The molecule has 0 aromatic rings. The van der Waals surface area contributed by atoms with E-state index in [4.69, 9.17) is 4.84 Å². The molecule has 3 nitrogen and oxygen atoms in total. The fraction of sp³-hybridized carbons (Fsp3) is 0.429. The van der Waals surface area contributed by atoms with Crippen molar-refractivity contribution < 1.29 is 4.84 Å². The minimum absolute atomic E-state index is 0.777. The quantitative estimate of drug-likeness (QED) is 0.497. The van der Waals surface area contributed by atoms with Crippen molar-refractivity contribution in [3.05, 3.63) is 12.2 Å². The molecule has 0 unspecified atom stereocenters. The zero-order valence-electron chi connectivity index (χ0n) is 5.95. The molecule has 0 aromatic heterocycles. The topological polar surface area (TPSA) is 34.0 Å². The van der Waals surface area contributed by atoms with Crippen LogP contribution in [-0.2, 0) is 4.84 Å². The van der Waals surface area contributed by atoms with E-state index in [2.05, 4.69) is 10.1 Å². The van der Waals surface area contributed by atoms with E-state index in [1.54, 1.807) is 0 Å². The number of rotatable bonds is 0. The standard InChI is InChI=1S/C7H10N2O/c1-7-4-2-3-5-8-6-10-9-7/h2,4,6H,3,5H2,1H3/b4-2+,8-6?,9-7-. The molecule has 0 saturated heterocycles. The minimum atomic E-state index is 0.777. The minimum Gasteiger partial charge on any atom is -0.345 e. The average Bonchev–Trinajstić information content (AvgIpc) is 2.02. The van der Waals surface area contributed by atoms with Crippen LogP contribution in [0.5, 0.6) is 0 Å². The highest BCUT2D eigenvalue weighted by atomic mass is 16.6. The van der Waals surface area contributed by atoms with Crippen LogP contribution in [0.25, 0.3) is 0 Å². The Balaban J connectivity index is 2.57. The average molecular weight is 138 g/mol. The van der Waals surface area contributed by atoms with Crippen LogP contribution in [0.15, 0.2) is 22.3 Å². The molecule has 10 heavy (non-hydrogen) atoms. The summed E-state index contributed by atoms with van der Waals surface area (Å²) in [6.45, 7) is 2.66. The summed E-state index contributed by atoms with van der Waals surface area (Å²) >= 11 is 0. The third kappa shape index (κ3) is 2.44. The predicted octanol–water partition coefficient (Wildman–Crippen LogP) is 1.37. The molecule has 0 aliphatic carbocycles. The van der Waals surface area contributed by atoms with Gasteiger partial charge in [0.15, 0.2) is 0 Å². The molecule has 3 heteroatoms. The lowest BCUT2D eigenvalue weighted by Crippen LogP contribution is -1.85. The number of hydrogen-bond acceptors (Lipinski definition) is 3. The Morgan fingerprint density at radius 2 is 2.50 bits per heavy atom. The first-order valence-corrected chi connectivity index (χ1v) is 3.25. The zero-order chi connectivity index (χ0) is 7.23. The van der Waals surface area contributed by atoms with Gasteiger partial charge < -0.3 is 4.84 Å².